The lowest BCUT2D eigenvalue weighted by Crippen LogP contribution is -2.36. The molecule has 0 radical (unpaired) electrons. The SMILES string of the molecule is CC1CN(C)c2cc(C(=O)C(C)N)ccc2O1. The summed E-state index contributed by atoms with van der Waals surface area (Å²) in [5.41, 5.74) is 7.20. The first kappa shape index (κ1) is 11.9. The largest absolute Gasteiger partial charge is 0.487 e. The Hall–Kier alpha value is -1.55. The lowest BCUT2D eigenvalue weighted by atomic mass is 10.0. The van der Waals surface area contributed by atoms with Crippen LogP contribution in [0.15, 0.2) is 18.2 Å². The fourth-order valence-electron chi connectivity index (χ4n) is 2.07. The van der Waals surface area contributed by atoms with Gasteiger partial charge in [0.2, 0.25) is 0 Å². The average molecular weight is 234 g/mol. The summed E-state index contributed by atoms with van der Waals surface area (Å²) in [6.07, 6.45) is 0.169. The van der Waals surface area contributed by atoms with Gasteiger partial charge in [0.05, 0.1) is 18.3 Å². The van der Waals surface area contributed by atoms with Gasteiger partial charge in [0, 0.05) is 12.6 Å². The van der Waals surface area contributed by atoms with Gasteiger partial charge in [-0.05, 0) is 32.0 Å². The van der Waals surface area contributed by atoms with Crippen LogP contribution in [0.25, 0.3) is 0 Å². The van der Waals surface area contributed by atoms with E-state index in [2.05, 4.69) is 4.90 Å². The molecule has 1 heterocycles. The topological polar surface area (TPSA) is 55.6 Å². The molecule has 2 rings (SSSR count). The summed E-state index contributed by atoms with van der Waals surface area (Å²) >= 11 is 0. The molecule has 92 valence electrons. The van der Waals surface area contributed by atoms with Gasteiger partial charge < -0.3 is 15.4 Å². The Bertz CT molecular complexity index is 443. The minimum atomic E-state index is -0.471. The van der Waals surface area contributed by atoms with Crippen LogP contribution in [0.1, 0.15) is 24.2 Å². The lowest BCUT2D eigenvalue weighted by Gasteiger charge is -2.32. The molecule has 1 aliphatic heterocycles. The summed E-state index contributed by atoms with van der Waals surface area (Å²) < 4.78 is 5.71. The van der Waals surface area contributed by atoms with Crippen LogP contribution in [-0.4, -0.2) is 31.5 Å². The lowest BCUT2D eigenvalue weighted by molar-refractivity contribution is 0.0968. The second kappa shape index (κ2) is 4.37. The van der Waals surface area contributed by atoms with E-state index < -0.39 is 6.04 Å². The third-order valence-corrected chi connectivity index (χ3v) is 2.93. The van der Waals surface area contributed by atoms with Crippen LogP contribution in [0.3, 0.4) is 0 Å². The Balaban J connectivity index is 2.37. The van der Waals surface area contributed by atoms with Crippen LogP contribution in [0.2, 0.25) is 0 Å². The number of likely N-dealkylation sites (N-methyl/N-ethyl adjacent to an activating group) is 1. The molecular formula is C13H18N2O2. The molecule has 0 bridgehead atoms. The van der Waals surface area contributed by atoms with Crippen molar-refractivity contribution < 1.29 is 9.53 Å². The zero-order chi connectivity index (χ0) is 12.6. The van der Waals surface area contributed by atoms with E-state index in [9.17, 15) is 4.79 Å². The third-order valence-electron chi connectivity index (χ3n) is 2.93. The standard InChI is InChI=1S/C13H18N2O2/c1-8-7-15(3)11-6-10(13(16)9(2)14)4-5-12(11)17-8/h4-6,8-9H,7,14H2,1-3H3. The number of Topliss-reactive ketones (excluding diaryl/α,β-unsaturated/α-hetero) is 1. The number of hydrogen-bond acceptors (Lipinski definition) is 4. The highest BCUT2D eigenvalue weighted by atomic mass is 16.5. The molecule has 0 saturated carbocycles. The molecule has 4 nitrogen and oxygen atoms in total. The number of carbonyl (C=O) groups is 1. The minimum Gasteiger partial charge on any atom is -0.487 e. The summed E-state index contributed by atoms with van der Waals surface area (Å²) in [4.78, 5) is 13.9. The van der Waals surface area contributed by atoms with Crippen LogP contribution in [0.4, 0.5) is 5.69 Å². The molecule has 1 aromatic rings. The van der Waals surface area contributed by atoms with Crippen molar-refractivity contribution in [3.8, 4) is 5.75 Å². The van der Waals surface area contributed by atoms with E-state index in [0.29, 0.717) is 5.56 Å². The number of anilines is 1. The molecule has 1 aromatic carbocycles. The molecule has 0 amide bonds. The zero-order valence-corrected chi connectivity index (χ0v) is 10.4. The maximum Gasteiger partial charge on any atom is 0.179 e. The van der Waals surface area contributed by atoms with Gasteiger partial charge in [-0.1, -0.05) is 0 Å². The van der Waals surface area contributed by atoms with Crippen molar-refractivity contribution in [3.63, 3.8) is 0 Å². The Morgan fingerprint density at radius 2 is 2.29 bits per heavy atom. The van der Waals surface area contributed by atoms with Crippen LogP contribution in [0.5, 0.6) is 5.75 Å². The number of nitrogens with zero attached hydrogens (tertiary/aromatic N) is 1. The fraction of sp³-hybridized carbons (Fsp3) is 0.462. The highest BCUT2D eigenvalue weighted by Gasteiger charge is 2.22. The molecule has 0 fully saturated rings. The number of fused-ring (bicyclic) bond motifs is 1. The van der Waals surface area contributed by atoms with Crippen molar-refractivity contribution in [1.82, 2.24) is 0 Å². The molecule has 0 spiro atoms. The quantitative estimate of drug-likeness (QED) is 0.787. The molecule has 2 N–H and O–H groups in total. The molecule has 4 heteroatoms. The van der Waals surface area contributed by atoms with Crippen LogP contribution in [-0.2, 0) is 0 Å². The van der Waals surface area contributed by atoms with E-state index in [1.165, 1.54) is 0 Å². The predicted octanol–water partition coefficient (Wildman–Crippen LogP) is 1.43. The first-order valence-corrected chi connectivity index (χ1v) is 5.80. The van der Waals surface area contributed by atoms with E-state index in [1.807, 2.05) is 26.1 Å². The predicted molar refractivity (Wildman–Crippen MR) is 67.8 cm³/mol. The number of carbonyl (C=O) groups excluding carboxylic acids is 1. The third kappa shape index (κ3) is 2.26. The Morgan fingerprint density at radius 1 is 1.59 bits per heavy atom. The van der Waals surface area contributed by atoms with Crippen molar-refractivity contribution in [1.29, 1.82) is 0 Å². The highest BCUT2D eigenvalue weighted by molar-refractivity contribution is 6.00. The maximum atomic E-state index is 11.8. The summed E-state index contributed by atoms with van der Waals surface area (Å²) in [5, 5.41) is 0. The summed E-state index contributed by atoms with van der Waals surface area (Å²) in [5.74, 6) is 0.785. The van der Waals surface area contributed by atoms with Crippen molar-refractivity contribution in [3.05, 3.63) is 23.8 Å². The Morgan fingerprint density at radius 3 is 2.94 bits per heavy atom. The van der Waals surface area contributed by atoms with Gasteiger partial charge in [0.25, 0.3) is 0 Å². The van der Waals surface area contributed by atoms with Crippen LogP contribution < -0.4 is 15.4 Å². The van der Waals surface area contributed by atoms with Gasteiger partial charge in [-0.15, -0.1) is 0 Å². The number of rotatable bonds is 2. The minimum absolute atomic E-state index is 0.0418. The first-order valence-electron chi connectivity index (χ1n) is 5.80. The van der Waals surface area contributed by atoms with Gasteiger partial charge >= 0.3 is 0 Å². The number of hydrogen-bond donors (Lipinski definition) is 1. The maximum absolute atomic E-state index is 11.8. The van der Waals surface area contributed by atoms with E-state index in [0.717, 1.165) is 18.0 Å². The molecule has 1 aliphatic rings. The van der Waals surface area contributed by atoms with Gasteiger partial charge in [-0.25, -0.2) is 0 Å². The Labute approximate surface area is 101 Å². The van der Waals surface area contributed by atoms with Gasteiger partial charge in [0.1, 0.15) is 11.9 Å². The van der Waals surface area contributed by atoms with E-state index in [4.69, 9.17) is 10.5 Å². The van der Waals surface area contributed by atoms with Crippen molar-refractivity contribution in [2.75, 3.05) is 18.5 Å². The molecular weight excluding hydrogens is 216 g/mol. The van der Waals surface area contributed by atoms with E-state index in [-0.39, 0.29) is 11.9 Å². The average Bonchev–Trinajstić information content (AvgIpc) is 2.27. The summed E-state index contributed by atoms with van der Waals surface area (Å²) in [6.45, 7) is 4.55. The normalized spacial score (nSPS) is 20.5. The summed E-state index contributed by atoms with van der Waals surface area (Å²) in [7, 11) is 2.00. The van der Waals surface area contributed by atoms with E-state index in [1.54, 1.807) is 13.0 Å². The highest BCUT2D eigenvalue weighted by Crippen LogP contribution is 2.33. The summed E-state index contributed by atoms with van der Waals surface area (Å²) in [6, 6.07) is 5.00. The zero-order valence-electron chi connectivity index (χ0n) is 10.4. The van der Waals surface area contributed by atoms with Crippen molar-refractivity contribution >= 4 is 11.5 Å². The first-order chi connectivity index (χ1) is 7.99. The number of nitrogens with two attached hydrogens (primary N) is 1. The Kier molecular flexibility index (Phi) is 3.07. The molecule has 0 saturated heterocycles. The van der Waals surface area contributed by atoms with E-state index >= 15 is 0 Å². The van der Waals surface area contributed by atoms with Crippen LogP contribution >= 0.6 is 0 Å². The monoisotopic (exact) mass is 234 g/mol. The molecule has 0 aromatic heterocycles. The van der Waals surface area contributed by atoms with Gasteiger partial charge in [0.15, 0.2) is 5.78 Å². The molecule has 17 heavy (non-hydrogen) atoms. The number of ether oxygens (including phenoxy) is 1. The van der Waals surface area contributed by atoms with Crippen molar-refractivity contribution in [2.45, 2.75) is 26.0 Å². The molecule has 2 atom stereocenters. The van der Waals surface area contributed by atoms with Crippen molar-refractivity contribution in [2.24, 2.45) is 5.73 Å². The van der Waals surface area contributed by atoms with Gasteiger partial charge in [-0.2, -0.15) is 0 Å². The second-order valence-electron chi connectivity index (χ2n) is 4.64. The van der Waals surface area contributed by atoms with Crippen LogP contribution in [0, 0.1) is 0 Å². The number of benzene rings is 1. The molecule has 0 aliphatic carbocycles. The fourth-order valence-corrected chi connectivity index (χ4v) is 2.07. The smallest absolute Gasteiger partial charge is 0.179 e. The number of ketones is 1. The molecule has 2 unspecified atom stereocenters. The van der Waals surface area contributed by atoms with Gasteiger partial charge in [-0.3, -0.25) is 4.79 Å². The second-order valence-corrected chi connectivity index (χ2v) is 4.64.